The highest BCUT2D eigenvalue weighted by atomic mass is 19.4. The molecule has 4 heterocycles. The Morgan fingerprint density at radius 2 is 1.64 bits per heavy atom. The molecule has 1 saturated heterocycles. The number of carbonyl (C=O) groups is 2. The molecule has 0 bridgehead atoms. The van der Waals surface area contributed by atoms with E-state index in [2.05, 4.69) is 27.8 Å². The molecule has 1 fully saturated rings. The molecule has 1 atom stereocenters. The van der Waals surface area contributed by atoms with Crippen molar-refractivity contribution >= 4 is 17.9 Å². The topological polar surface area (TPSA) is 123 Å². The van der Waals surface area contributed by atoms with Crippen LogP contribution in [0.2, 0.25) is 0 Å². The van der Waals surface area contributed by atoms with Gasteiger partial charge < -0.3 is 24.4 Å². The minimum atomic E-state index is -5.08. The number of nitrogens with zero attached hydrogens (tertiary/aromatic N) is 5. The highest BCUT2D eigenvalue weighted by molar-refractivity contribution is 5.73. The zero-order valence-corrected chi connectivity index (χ0v) is 21.4. The number of fused-ring (bicyclic) bond motifs is 2. The van der Waals surface area contributed by atoms with E-state index in [0.29, 0.717) is 0 Å². The van der Waals surface area contributed by atoms with Crippen LogP contribution in [0.15, 0.2) is 29.0 Å². The van der Waals surface area contributed by atoms with Gasteiger partial charge in [-0.15, -0.1) is 0 Å². The number of rotatable bonds is 4. The first-order valence-corrected chi connectivity index (χ1v) is 11.6. The molecule has 2 aromatic rings. The van der Waals surface area contributed by atoms with Gasteiger partial charge >= 0.3 is 24.3 Å². The van der Waals surface area contributed by atoms with Crippen molar-refractivity contribution in [3.8, 4) is 0 Å². The van der Waals surface area contributed by atoms with Crippen LogP contribution in [0.5, 0.6) is 0 Å². The van der Waals surface area contributed by atoms with E-state index in [-0.39, 0.29) is 5.41 Å². The monoisotopic (exact) mass is 569 g/mol. The van der Waals surface area contributed by atoms with Gasteiger partial charge in [-0.3, -0.25) is 4.90 Å². The molecule has 10 nitrogen and oxygen atoms in total. The van der Waals surface area contributed by atoms with Gasteiger partial charge in [0.1, 0.15) is 5.76 Å². The molecule has 0 saturated carbocycles. The van der Waals surface area contributed by atoms with Crippen LogP contribution in [0.25, 0.3) is 0 Å². The molecule has 2 aliphatic rings. The van der Waals surface area contributed by atoms with Crippen LogP contribution in [-0.4, -0.2) is 94.5 Å². The minimum Gasteiger partial charge on any atom is -0.475 e. The molecule has 1 unspecified atom stereocenters. The fourth-order valence-electron chi connectivity index (χ4n) is 4.27. The van der Waals surface area contributed by atoms with Crippen molar-refractivity contribution in [2.24, 2.45) is 0 Å². The van der Waals surface area contributed by atoms with Crippen molar-refractivity contribution in [2.45, 2.75) is 44.2 Å². The van der Waals surface area contributed by atoms with Gasteiger partial charge in [-0.05, 0) is 31.6 Å². The van der Waals surface area contributed by atoms with E-state index in [1.54, 1.807) is 6.26 Å². The largest absolute Gasteiger partial charge is 0.490 e. The van der Waals surface area contributed by atoms with Crippen LogP contribution in [-0.2, 0) is 28.1 Å². The number of furan rings is 1. The molecule has 1 spiro atoms. The predicted molar refractivity (Wildman–Crippen MR) is 125 cm³/mol. The van der Waals surface area contributed by atoms with E-state index < -0.39 is 24.3 Å². The van der Waals surface area contributed by atoms with E-state index in [0.717, 1.165) is 57.4 Å². The molecule has 0 aliphatic carbocycles. The molecule has 4 rings (SSSR count). The summed E-state index contributed by atoms with van der Waals surface area (Å²) in [4.78, 5) is 34.4. The second-order valence-corrected chi connectivity index (χ2v) is 9.17. The van der Waals surface area contributed by atoms with E-state index in [4.69, 9.17) is 29.2 Å². The minimum absolute atomic E-state index is 0.101. The number of carboxylic acid groups (broad SMARTS) is 2. The number of anilines is 1. The fraction of sp³-hybridized carbons (Fsp3) is 0.565. The van der Waals surface area contributed by atoms with Crippen molar-refractivity contribution in [1.29, 1.82) is 0 Å². The van der Waals surface area contributed by atoms with Crippen molar-refractivity contribution in [2.75, 3.05) is 45.2 Å². The average Bonchev–Trinajstić information content (AvgIpc) is 3.49. The number of aromatic nitrogens is 2. The third kappa shape index (κ3) is 8.81. The normalized spacial score (nSPS) is 19.4. The maximum Gasteiger partial charge on any atom is 0.490 e. The van der Waals surface area contributed by atoms with Crippen LogP contribution in [0.3, 0.4) is 0 Å². The Labute approximate surface area is 219 Å². The first-order chi connectivity index (χ1) is 18.0. The number of hydrogen-bond acceptors (Lipinski definition) is 8. The Kier molecular flexibility index (Phi) is 10.3. The average molecular weight is 570 g/mol. The van der Waals surface area contributed by atoms with Crippen LogP contribution in [0.1, 0.15) is 30.4 Å². The van der Waals surface area contributed by atoms with Gasteiger partial charge in [0.15, 0.2) is 0 Å². The number of likely N-dealkylation sites (tertiary alicyclic amines) is 1. The highest BCUT2D eigenvalue weighted by Crippen LogP contribution is 2.40. The molecule has 0 radical (unpaired) electrons. The number of likely N-dealkylation sites (N-methyl/N-ethyl adjacent to an activating group) is 1. The third-order valence-electron chi connectivity index (χ3n) is 6.00. The Hall–Kier alpha value is -3.40. The van der Waals surface area contributed by atoms with E-state index >= 15 is 0 Å². The second kappa shape index (κ2) is 12.6. The number of alkyl halides is 6. The number of aliphatic carboxylic acids is 2. The molecule has 0 amide bonds. The maximum atomic E-state index is 10.6. The molecule has 2 aromatic heterocycles. The number of hydrogen-bond donors (Lipinski definition) is 2. The van der Waals surface area contributed by atoms with Gasteiger partial charge in [-0.1, -0.05) is 6.92 Å². The maximum absolute atomic E-state index is 10.6. The molecular formula is C23H29F6N5O5. The highest BCUT2D eigenvalue weighted by Gasteiger charge is 2.46. The molecule has 218 valence electrons. The van der Waals surface area contributed by atoms with E-state index in [1.807, 2.05) is 31.3 Å². The second-order valence-electron chi connectivity index (χ2n) is 9.17. The first kappa shape index (κ1) is 31.8. The van der Waals surface area contributed by atoms with Crippen molar-refractivity contribution in [1.82, 2.24) is 19.8 Å². The lowest BCUT2D eigenvalue weighted by Crippen LogP contribution is -2.48. The van der Waals surface area contributed by atoms with Crippen LogP contribution < -0.4 is 4.90 Å². The summed E-state index contributed by atoms with van der Waals surface area (Å²) in [5, 5.41) is 14.2. The lowest BCUT2D eigenvalue weighted by Gasteiger charge is -2.41. The molecule has 39 heavy (non-hydrogen) atoms. The van der Waals surface area contributed by atoms with Gasteiger partial charge in [-0.2, -0.15) is 26.3 Å². The smallest absolute Gasteiger partial charge is 0.475 e. The van der Waals surface area contributed by atoms with Crippen LogP contribution in [0.4, 0.5) is 32.3 Å². The summed E-state index contributed by atoms with van der Waals surface area (Å²) in [6.45, 7) is 8.32. The fourth-order valence-corrected chi connectivity index (χ4v) is 4.27. The standard InChI is InChI=1S/C19H27N5O.2C2HF3O2/c1-4-23-8-7-19(13-23)14-24(12-16-6-5-9-25-16)11-15-10-20-18(22(2)3)21-17(15)19;2*3-2(4,5)1(6)7/h5-6,9-10H,4,7-8,11-14H2,1-3H3;2*(H,6,7). The third-order valence-corrected chi connectivity index (χ3v) is 6.00. The Morgan fingerprint density at radius 1 is 1.08 bits per heavy atom. The molecule has 2 N–H and O–H groups in total. The summed E-state index contributed by atoms with van der Waals surface area (Å²) in [7, 11) is 4.01. The van der Waals surface area contributed by atoms with Crippen LogP contribution in [0, 0.1) is 0 Å². The van der Waals surface area contributed by atoms with E-state index in [9.17, 15) is 26.3 Å². The molecule has 0 aromatic carbocycles. The Balaban J connectivity index is 0.000000317. The quantitative estimate of drug-likeness (QED) is 0.530. The van der Waals surface area contributed by atoms with Crippen LogP contribution >= 0.6 is 0 Å². The Morgan fingerprint density at radius 3 is 2.08 bits per heavy atom. The first-order valence-electron chi connectivity index (χ1n) is 11.6. The van der Waals surface area contributed by atoms with Gasteiger partial charge in [-0.25, -0.2) is 19.6 Å². The summed E-state index contributed by atoms with van der Waals surface area (Å²) < 4.78 is 69.1. The molecule has 16 heteroatoms. The van der Waals surface area contributed by atoms with E-state index in [1.165, 1.54) is 11.3 Å². The summed E-state index contributed by atoms with van der Waals surface area (Å²) in [6.07, 6.45) is -5.22. The van der Waals surface area contributed by atoms with Gasteiger partial charge in [0.05, 0.1) is 18.5 Å². The number of carboxylic acids is 2. The van der Waals surface area contributed by atoms with Gasteiger partial charge in [0.25, 0.3) is 0 Å². The predicted octanol–water partition coefficient (Wildman–Crippen LogP) is 3.38. The molecule has 2 aliphatic heterocycles. The zero-order valence-electron chi connectivity index (χ0n) is 21.4. The van der Waals surface area contributed by atoms with Gasteiger partial charge in [0.2, 0.25) is 5.95 Å². The lowest BCUT2D eigenvalue weighted by atomic mass is 9.78. The van der Waals surface area contributed by atoms with Crippen molar-refractivity contribution < 1.29 is 50.6 Å². The van der Waals surface area contributed by atoms with Crippen molar-refractivity contribution in [3.05, 3.63) is 41.6 Å². The SMILES string of the molecule is CCN1CCC2(C1)CN(Cc1ccco1)Cc1cnc(N(C)C)nc12.O=C(O)C(F)(F)F.O=C(O)C(F)(F)F. The molecular weight excluding hydrogens is 540 g/mol. The van der Waals surface area contributed by atoms with Gasteiger partial charge in [0, 0.05) is 50.9 Å². The lowest BCUT2D eigenvalue weighted by molar-refractivity contribution is -0.193. The summed E-state index contributed by atoms with van der Waals surface area (Å²) in [5.41, 5.74) is 2.63. The summed E-state index contributed by atoms with van der Waals surface area (Å²) in [5.74, 6) is -3.68. The van der Waals surface area contributed by atoms with Crippen molar-refractivity contribution in [3.63, 3.8) is 0 Å². The summed E-state index contributed by atoms with van der Waals surface area (Å²) in [6, 6.07) is 4.02. The number of halogens is 6. The zero-order chi connectivity index (χ0) is 29.6. The Bertz CT molecular complexity index is 1090. The summed E-state index contributed by atoms with van der Waals surface area (Å²) >= 11 is 0.